The summed E-state index contributed by atoms with van der Waals surface area (Å²) in [6.45, 7) is 0.471. The van der Waals surface area contributed by atoms with Crippen molar-refractivity contribution in [3.05, 3.63) is 74.7 Å². The molecule has 1 fully saturated rings. The Morgan fingerprint density at radius 1 is 0.906 bits per heavy atom. The lowest BCUT2D eigenvalue weighted by Gasteiger charge is -2.29. The van der Waals surface area contributed by atoms with Crippen molar-refractivity contribution < 1.29 is 22.8 Å². The van der Waals surface area contributed by atoms with Gasteiger partial charge >= 0.3 is 0 Å². The number of nitro groups is 2. The Hall–Kier alpha value is -3.71. The molecule has 2 aromatic carbocycles. The number of benzene rings is 2. The molecule has 0 unspecified atom stereocenters. The fourth-order valence-corrected chi connectivity index (χ4v) is 4.95. The largest absolute Gasteiger partial charge is 0.339 e. The van der Waals surface area contributed by atoms with Gasteiger partial charge < -0.3 is 4.52 Å². The maximum absolute atomic E-state index is 12.8. The molecule has 1 aliphatic rings. The van der Waals surface area contributed by atoms with E-state index in [1.54, 1.807) is 0 Å². The van der Waals surface area contributed by atoms with Crippen molar-refractivity contribution >= 4 is 21.4 Å². The molecule has 0 saturated carbocycles. The van der Waals surface area contributed by atoms with Gasteiger partial charge in [-0.05, 0) is 37.1 Å². The number of non-ortho nitro benzene ring substituents is 2. The second kappa shape index (κ2) is 8.43. The predicted molar refractivity (Wildman–Crippen MR) is 110 cm³/mol. The maximum Gasteiger partial charge on any atom is 0.269 e. The average molecular weight is 459 g/mol. The zero-order valence-corrected chi connectivity index (χ0v) is 17.3. The minimum atomic E-state index is -3.77. The minimum Gasteiger partial charge on any atom is -0.339 e. The van der Waals surface area contributed by atoms with Gasteiger partial charge in [0.15, 0.2) is 0 Å². The molecular formula is C19H17N5O7S. The lowest BCUT2D eigenvalue weighted by Crippen LogP contribution is -2.37. The summed E-state index contributed by atoms with van der Waals surface area (Å²) in [5.74, 6) is 0.555. The second-order valence-electron chi connectivity index (χ2n) is 7.19. The first-order chi connectivity index (χ1) is 15.3. The van der Waals surface area contributed by atoms with Crippen molar-refractivity contribution in [1.29, 1.82) is 0 Å². The highest BCUT2D eigenvalue weighted by Crippen LogP contribution is 2.31. The number of piperidine rings is 1. The van der Waals surface area contributed by atoms with E-state index >= 15 is 0 Å². The summed E-state index contributed by atoms with van der Waals surface area (Å²) in [6.07, 6.45) is 0.933. The molecule has 2 heterocycles. The third-order valence-electron chi connectivity index (χ3n) is 5.27. The molecule has 12 nitrogen and oxygen atoms in total. The maximum atomic E-state index is 12.8. The van der Waals surface area contributed by atoms with Crippen molar-refractivity contribution in [2.75, 3.05) is 13.1 Å². The molecule has 0 amide bonds. The van der Waals surface area contributed by atoms with E-state index in [2.05, 4.69) is 10.1 Å². The van der Waals surface area contributed by atoms with Crippen molar-refractivity contribution in [2.24, 2.45) is 0 Å². The highest BCUT2D eigenvalue weighted by molar-refractivity contribution is 7.89. The number of nitro benzene ring substituents is 2. The normalized spacial score (nSPS) is 15.5. The first kappa shape index (κ1) is 21.5. The Kier molecular flexibility index (Phi) is 5.67. The van der Waals surface area contributed by atoms with Crippen LogP contribution in [0.15, 0.2) is 57.9 Å². The number of rotatable bonds is 6. The number of nitrogens with zero attached hydrogens (tertiary/aromatic N) is 5. The summed E-state index contributed by atoms with van der Waals surface area (Å²) >= 11 is 0. The summed E-state index contributed by atoms with van der Waals surface area (Å²) in [5, 5.41) is 25.5. The van der Waals surface area contributed by atoms with Crippen molar-refractivity contribution in [3.63, 3.8) is 0 Å². The highest BCUT2D eigenvalue weighted by atomic mass is 32.2. The third kappa shape index (κ3) is 4.20. The number of hydrogen-bond acceptors (Lipinski definition) is 9. The van der Waals surface area contributed by atoms with E-state index in [4.69, 9.17) is 4.52 Å². The lowest BCUT2D eigenvalue weighted by atomic mass is 9.98. The fourth-order valence-electron chi connectivity index (χ4n) is 3.48. The van der Waals surface area contributed by atoms with E-state index in [-0.39, 0.29) is 35.3 Å². The Bertz CT molecular complexity index is 1250. The molecule has 0 atom stereocenters. The molecule has 13 heteroatoms. The SMILES string of the molecule is O=[N+]([O-])c1ccc(-c2noc(C3CCN(S(=O)(=O)c4ccc([N+](=O)[O-])cc4)CC3)n2)cc1. The molecule has 4 rings (SSSR count). The average Bonchev–Trinajstić information content (AvgIpc) is 3.29. The van der Waals surface area contributed by atoms with Gasteiger partial charge in [-0.15, -0.1) is 0 Å². The van der Waals surface area contributed by atoms with E-state index in [1.807, 2.05) is 0 Å². The molecule has 0 bridgehead atoms. The molecule has 1 aromatic heterocycles. The van der Waals surface area contributed by atoms with E-state index < -0.39 is 19.9 Å². The van der Waals surface area contributed by atoms with Crippen molar-refractivity contribution in [1.82, 2.24) is 14.4 Å². The third-order valence-corrected chi connectivity index (χ3v) is 7.18. The molecule has 32 heavy (non-hydrogen) atoms. The van der Waals surface area contributed by atoms with Crippen LogP contribution in [-0.4, -0.2) is 45.8 Å². The quantitative estimate of drug-likeness (QED) is 0.398. The van der Waals surface area contributed by atoms with Crippen LogP contribution in [0.3, 0.4) is 0 Å². The summed E-state index contributed by atoms with van der Waals surface area (Å²) in [5.41, 5.74) is 0.353. The van der Waals surface area contributed by atoms with E-state index in [9.17, 15) is 28.6 Å². The predicted octanol–water partition coefficient (Wildman–Crippen LogP) is 3.12. The monoisotopic (exact) mass is 459 g/mol. The Morgan fingerprint density at radius 3 is 1.97 bits per heavy atom. The fraction of sp³-hybridized carbons (Fsp3) is 0.263. The topological polar surface area (TPSA) is 163 Å². The van der Waals surface area contributed by atoms with Crippen molar-refractivity contribution in [3.8, 4) is 11.4 Å². The van der Waals surface area contributed by atoms with Crippen LogP contribution in [0.1, 0.15) is 24.7 Å². The summed E-state index contributed by atoms with van der Waals surface area (Å²) in [7, 11) is -3.77. The smallest absolute Gasteiger partial charge is 0.269 e. The van der Waals surface area contributed by atoms with Gasteiger partial charge in [-0.1, -0.05) is 5.16 Å². The van der Waals surface area contributed by atoms with Crippen LogP contribution in [0, 0.1) is 20.2 Å². The first-order valence-electron chi connectivity index (χ1n) is 9.59. The second-order valence-corrected chi connectivity index (χ2v) is 9.13. The summed E-state index contributed by atoms with van der Waals surface area (Å²) < 4.78 is 32.3. The summed E-state index contributed by atoms with van der Waals surface area (Å²) in [4.78, 5) is 24.8. The Morgan fingerprint density at radius 2 is 1.44 bits per heavy atom. The molecule has 0 spiro atoms. The highest BCUT2D eigenvalue weighted by Gasteiger charge is 2.32. The van der Waals surface area contributed by atoms with Gasteiger partial charge in [-0.3, -0.25) is 20.2 Å². The van der Waals surface area contributed by atoms with Gasteiger partial charge in [0.25, 0.3) is 11.4 Å². The standard InChI is InChI=1S/C19H17N5O7S/c25-23(26)15-3-1-13(2-4-15)18-20-19(31-21-18)14-9-11-22(12-10-14)32(29,30)17-7-5-16(6-8-17)24(27)28/h1-8,14H,9-12H2. The van der Waals surface area contributed by atoms with Gasteiger partial charge in [0.05, 0.1) is 14.7 Å². The molecule has 166 valence electrons. The molecule has 0 N–H and O–H groups in total. The molecule has 0 radical (unpaired) electrons. The molecule has 3 aromatic rings. The molecule has 1 saturated heterocycles. The zero-order valence-electron chi connectivity index (χ0n) is 16.5. The van der Waals surface area contributed by atoms with Crippen LogP contribution in [-0.2, 0) is 10.0 Å². The van der Waals surface area contributed by atoms with Gasteiger partial charge in [-0.25, -0.2) is 8.42 Å². The van der Waals surface area contributed by atoms with Gasteiger partial charge in [0, 0.05) is 48.8 Å². The van der Waals surface area contributed by atoms with E-state index in [0.29, 0.717) is 30.1 Å². The van der Waals surface area contributed by atoms with Gasteiger partial charge in [0.2, 0.25) is 21.7 Å². The Balaban J connectivity index is 1.42. The van der Waals surface area contributed by atoms with Gasteiger partial charge in [-0.2, -0.15) is 9.29 Å². The first-order valence-corrected chi connectivity index (χ1v) is 11.0. The lowest BCUT2D eigenvalue weighted by molar-refractivity contribution is -0.385. The number of aromatic nitrogens is 2. The summed E-state index contributed by atoms with van der Waals surface area (Å²) in [6, 6.07) is 10.6. The van der Waals surface area contributed by atoms with E-state index in [1.165, 1.54) is 40.7 Å². The Labute approximate surface area is 181 Å². The molecular weight excluding hydrogens is 442 g/mol. The van der Waals surface area contributed by atoms with Gasteiger partial charge in [0.1, 0.15) is 0 Å². The molecule has 1 aliphatic heterocycles. The van der Waals surface area contributed by atoms with Crippen LogP contribution in [0.25, 0.3) is 11.4 Å². The zero-order chi connectivity index (χ0) is 22.9. The minimum absolute atomic E-state index is 0.000187. The molecule has 0 aliphatic carbocycles. The number of sulfonamides is 1. The van der Waals surface area contributed by atoms with E-state index in [0.717, 1.165) is 12.1 Å². The van der Waals surface area contributed by atoms with Crippen LogP contribution in [0.4, 0.5) is 11.4 Å². The van der Waals surface area contributed by atoms with Crippen LogP contribution >= 0.6 is 0 Å². The van der Waals surface area contributed by atoms with Crippen molar-refractivity contribution in [2.45, 2.75) is 23.7 Å². The van der Waals surface area contributed by atoms with Crippen LogP contribution in [0.5, 0.6) is 0 Å². The van der Waals surface area contributed by atoms with Crippen LogP contribution < -0.4 is 0 Å². The van der Waals surface area contributed by atoms with Crippen LogP contribution in [0.2, 0.25) is 0 Å². The number of hydrogen-bond donors (Lipinski definition) is 0.